The zero-order valence-corrected chi connectivity index (χ0v) is 14.0. The van der Waals surface area contributed by atoms with E-state index >= 15 is 0 Å². The van der Waals surface area contributed by atoms with Crippen LogP contribution in [0.15, 0.2) is 30.2 Å². The van der Waals surface area contributed by atoms with Crippen LogP contribution >= 0.6 is 11.3 Å². The zero-order valence-electron chi connectivity index (χ0n) is 13.2. The Labute approximate surface area is 142 Å². The molecule has 0 unspecified atom stereocenters. The molecule has 0 spiro atoms. The molecule has 0 aliphatic carbocycles. The highest BCUT2D eigenvalue weighted by molar-refractivity contribution is 7.17. The van der Waals surface area contributed by atoms with Crippen molar-refractivity contribution < 1.29 is 4.79 Å². The summed E-state index contributed by atoms with van der Waals surface area (Å²) in [4.78, 5) is 25.1. The predicted molar refractivity (Wildman–Crippen MR) is 93.4 cm³/mol. The molecule has 124 valence electrons. The predicted octanol–water partition coefficient (Wildman–Crippen LogP) is 1.78. The van der Waals surface area contributed by atoms with Gasteiger partial charge in [-0.1, -0.05) is 0 Å². The summed E-state index contributed by atoms with van der Waals surface area (Å²) >= 11 is 1.65. The standard InChI is InChI=1S/C15H17N7OS/c1-20-9-11(8-18-20)19-15(23)22-5-3-21(4-6-22)14-13-12(2-7-24-13)16-10-17-14/h2,7-10H,3-6H2,1H3,(H,19,23). The number of nitrogens with one attached hydrogen (secondary N) is 1. The van der Waals surface area contributed by atoms with Gasteiger partial charge in [0.2, 0.25) is 0 Å². The maximum Gasteiger partial charge on any atom is 0.322 e. The van der Waals surface area contributed by atoms with Gasteiger partial charge < -0.3 is 15.1 Å². The summed E-state index contributed by atoms with van der Waals surface area (Å²) in [5.41, 5.74) is 1.68. The van der Waals surface area contributed by atoms with Crippen molar-refractivity contribution in [3.05, 3.63) is 30.2 Å². The van der Waals surface area contributed by atoms with Crippen molar-refractivity contribution >= 4 is 39.1 Å². The number of nitrogens with zero attached hydrogens (tertiary/aromatic N) is 6. The van der Waals surface area contributed by atoms with Gasteiger partial charge in [-0.15, -0.1) is 11.3 Å². The fourth-order valence-corrected chi connectivity index (χ4v) is 3.67. The van der Waals surface area contributed by atoms with Crippen molar-refractivity contribution in [2.45, 2.75) is 0 Å². The Morgan fingerprint density at radius 1 is 1.25 bits per heavy atom. The van der Waals surface area contributed by atoms with Crippen LogP contribution in [0, 0.1) is 0 Å². The van der Waals surface area contributed by atoms with Gasteiger partial charge >= 0.3 is 6.03 Å². The third-order valence-corrected chi connectivity index (χ3v) is 4.95. The number of rotatable bonds is 2. The number of carbonyl (C=O) groups is 1. The molecule has 24 heavy (non-hydrogen) atoms. The van der Waals surface area contributed by atoms with Gasteiger partial charge in [0.25, 0.3) is 0 Å². The van der Waals surface area contributed by atoms with Crippen molar-refractivity contribution in [2.24, 2.45) is 7.05 Å². The highest BCUT2D eigenvalue weighted by atomic mass is 32.1. The first-order valence-corrected chi connectivity index (χ1v) is 8.56. The van der Waals surface area contributed by atoms with Crippen molar-refractivity contribution in [3.63, 3.8) is 0 Å². The molecule has 8 nitrogen and oxygen atoms in total. The largest absolute Gasteiger partial charge is 0.352 e. The number of aryl methyl sites for hydroxylation is 1. The Kier molecular flexibility index (Phi) is 3.77. The number of hydrogen-bond acceptors (Lipinski definition) is 6. The number of urea groups is 1. The number of piperazine rings is 1. The zero-order chi connectivity index (χ0) is 16.5. The van der Waals surface area contributed by atoms with Gasteiger partial charge in [-0.2, -0.15) is 5.10 Å². The number of hydrogen-bond donors (Lipinski definition) is 1. The summed E-state index contributed by atoms with van der Waals surface area (Å²) in [6.45, 7) is 2.82. The van der Waals surface area contributed by atoms with E-state index in [1.807, 2.05) is 23.4 Å². The van der Waals surface area contributed by atoms with Crippen LogP contribution in [0.3, 0.4) is 0 Å². The van der Waals surface area contributed by atoms with Gasteiger partial charge in [0.15, 0.2) is 0 Å². The Bertz CT molecular complexity index is 865. The Hall–Kier alpha value is -2.68. The molecule has 3 aromatic heterocycles. The topological polar surface area (TPSA) is 79.2 Å². The van der Waals surface area contributed by atoms with Gasteiger partial charge in [-0.25, -0.2) is 14.8 Å². The fourth-order valence-electron chi connectivity index (χ4n) is 2.81. The lowest BCUT2D eigenvalue weighted by molar-refractivity contribution is 0.208. The van der Waals surface area contributed by atoms with E-state index in [1.54, 1.807) is 34.7 Å². The minimum Gasteiger partial charge on any atom is -0.352 e. The molecule has 9 heteroatoms. The monoisotopic (exact) mass is 343 g/mol. The maximum atomic E-state index is 12.3. The maximum absolute atomic E-state index is 12.3. The van der Waals surface area contributed by atoms with Crippen LogP contribution in [0.4, 0.5) is 16.3 Å². The number of anilines is 2. The van der Waals surface area contributed by atoms with E-state index < -0.39 is 0 Å². The molecule has 0 atom stereocenters. The van der Waals surface area contributed by atoms with Crippen LogP contribution in [0.1, 0.15) is 0 Å². The second kappa shape index (κ2) is 6.08. The highest BCUT2D eigenvalue weighted by Gasteiger charge is 2.23. The molecule has 1 aliphatic rings. The summed E-state index contributed by atoms with van der Waals surface area (Å²) in [5, 5.41) is 8.95. The molecule has 2 amide bonds. The summed E-state index contributed by atoms with van der Waals surface area (Å²) in [5.74, 6) is 0.960. The van der Waals surface area contributed by atoms with Crippen LogP contribution in [0.5, 0.6) is 0 Å². The summed E-state index contributed by atoms with van der Waals surface area (Å²) in [6, 6.07) is 1.91. The number of aromatic nitrogens is 4. The molecular weight excluding hydrogens is 326 g/mol. The fraction of sp³-hybridized carbons (Fsp3) is 0.333. The third-order valence-electron chi connectivity index (χ3n) is 4.05. The number of thiophene rings is 1. The van der Waals surface area contributed by atoms with E-state index in [0.717, 1.165) is 29.1 Å². The lowest BCUT2D eigenvalue weighted by Crippen LogP contribution is -2.50. The molecule has 1 fully saturated rings. The number of amides is 2. The lowest BCUT2D eigenvalue weighted by atomic mass is 10.3. The van der Waals surface area contributed by atoms with E-state index in [9.17, 15) is 4.79 Å². The quantitative estimate of drug-likeness (QED) is 0.767. The molecule has 0 bridgehead atoms. The van der Waals surface area contributed by atoms with E-state index in [-0.39, 0.29) is 6.03 Å². The number of carbonyl (C=O) groups excluding carboxylic acids is 1. The average Bonchev–Trinajstić information content (AvgIpc) is 3.23. The second-order valence-corrected chi connectivity index (χ2v) is 6.56. The molecule has 0 saturated carbocycles. The molecule has 4 heterocycles. The molecule has 3 aromatic rings. The summed E-state index contributed by atoms with van der Waals surface area (Å²) in [7, 11) is 1.82. The summed E-state index contributed by atoms with van der Waals surface area (Å²) in [6.07, 6.45) is 5.02. The molecule has 1 saturated heterocycles. The first-order valence-electron chi connectivity index (χ1n) is 7.68. The van der Waals surface area contributed by atoms with Crippen LogP contribution in [0.25, 0.3) is 10.2 Å². The minimum atomic E-state index is -0.0911. The smallest absolute Gasteiger partial charge is 0.322 e. The normalized spacial score (nSPS) is 15.0. The number of fused-ring (bicyclic) bond motifs is 1. The van der Waals surface area contributed by atoms with Gasteiger partial charge in [0, 0.05) is 39.4 Å². The second-order valence-electron chi connectivity index (χ2n) is 5.64. The van der Waals surface area contributed by atoms with Crippen LogP contribution in [0.2, 0.25) is 0 Å². The molecular formula is C15H17N7OS. The minimum absolute atomic E-state index is 0.0911. The van der Waals surface area contributed by atoms with Crippen LogP contribution < -0.4 is 10.2 Å². The molecule has 1 N–H and O–H groups in total. The van der Waals surface area contributed by atoms with Gasteiger partial charge in [-0.3, -0.25) is 4.68 Å². The van der Waals surface area contributed by atoms with Crippen molar-refractivity contribution in [3.8, 4) is 0 Å². The Balaban J connectivity index is 1.41. The summed E-state index contributed by atoms with van der Waals surface area (Å²) < 4.78 is 2.76. The van der Waals surface area contributed by atoms with Crippen LogP contribution in [-0.4, -0.2) is 56.9 Å². The van der Waals surface area contributed by atoms with Crippen LogP contribution in [-0.2, 0) is 7.05 Å². The van der Waals surface area contributed by atoms with Gasteiger partial charge in [0.1, 0.15) is 12.1 Å². The van der Waals surface area contributed by atoms with Gasteiger partial charge in [0.05, 0.1) is 22.1 Å². The van der Waals surface area contributed by atoms with Gasteiger partial charge in [-0.05, 0) is 11.4 Å². The molecule has 0 radical (unpaired) electrons. The first kappa shape index (κ1) is 14.9. The average molecular weight is 343 g/mol. The first-order chi connectivity index (χ1) is 11.7. The van der Waals surface area contributed by atoms with E-state index in [0.29, 0.717) is 18.8 Å². The Morgan fingerprint density at radius 2 is 2.08 bits per heavy atom. The third kappa shape index (κ3) is 2.78. The molecule has 4 rings (SSSR count). The van der Waals surface area contributed by atoms with Crippen molar-refractivity contribution in [1.82, 2.24) is 24.6 Å². The molecule has 0 aromatic carbocycles. The SMILES string of the molecule is Cn1cc(NC(=O)N2CCN(c3ncnc4ccsc34)CC2)cn1. The van der Waals surface area contributed by atoms with E-state index in [1.165, 1.54) is 0 Å². The molecule has 1 aliphatic heterocycles. The highest BCUT2D eigenvalue weighted by Crippen LogP contribution is 2.28. The van der Waals surface area contributed by atoms with Crippen molar-refractivity contribution in [2.75, 3.05) is 36.4 Å². The lowest BCUT2D eigenvalue weighted by Gasteiger charge is -2.35. The Morgan fingerprint density at radius 3 is 2.83 bits per heavy atom. The van der Waals surface area contributed by atoms with E-state index in [2.05, 4.69) is 25.3 Å². The van der Waals surface area contributed by atoms with E-state index in [4.69, 9.17) is 0 Å². The van der Waals surface area contributed by atoms with Crippen molar-refractivity contribution in [1.29, 1.82) is 0 Å².